The van der Waals surface area contributed by atoms with Crippen LogP contribution in [0.3, 0.4) is 0 Å². The van der Waals surface area contributed by atoms with Crippen molar-refractivity contribution in [2.45, 2.75) is 32.7 Å². The number of carbonyl (C=O) groups excluding carboxylic acids is 1. The van der Waals surface area contributed by atoms with E-state index in [0.29, 0.717) is 15.6 Å². The Morgan fingerprint density at radius 3 is 2.46 bits per heavy atom. The van der Waals surface area contributed by atoms with Gasteiger partial charge in [-0.05, 0) is 44.9 Å². The van der Waals surface area contributed by atoms with E-state index in [1.165, 1.54) is 11.6 Å². The lowest BCUT2D eigenvalue weighted by Crippen LogP contribution is -2.44. The zero-order chi connectivity index (χ0) is 17.5. The molecule has 1 saturated heterocycles. The van der Waals surface area contributed by atoms with Crippen molar-refractivity contribution < 1.29 is 4.79 Å². The molecule has 130 valence electrons. The molecular weight excluding hydrogens is 343 g/mol. The highest BCUT2D eigenvalue weighted by Gasteiger charge is 2.19. The molecule has 0 saturated carbocycles. The smallest absolute Gasteiger partial charge is 0.244 e. The minimum Gasteiger partial charge on any atom is -0.350 e. The van der Waals surface area contributed by atoms with E-state index in [0.717, 1.165) is 32.5 Å². The number of carbonyl (C=O) groups is 1. The highest BCUT2D eigenvalue weighted by atomic mass is 35.5. The van der Waals surface area contributed by atoms with Crippen LogP contribution in [0, 0.1) is 0 Å². The van der Waals surface area contributed by atoms with Crippen LogP contribution < -0.4 is 5.32 Å². The molecule has 2 rings (SSSR count). The quantitative estimate of drug-likeness (QED) is 0.612. The van der Waals surface area contributed by atoms with Crippen molar-refractivity contribution in [3.8, 4) is 0 Å². The third-order valence-electron chi connectivity index (χ3n) is 4.09. The van der Waals surface area contributed by atoms with Crippen molar-refractivity contribution in [1.82, 2.24) is 10.2 Å². The number of allylic oxidation sites excluding steroid dienone is 1. The zero-order valence-corrected chi connectivity index (χ0v) is 15.7. The molecule has 0 atom stereocenters. The largest absolute Gasteiger partial charge is 0.350 e. The van der Waals surface area contributed by atoms with Crippen LogP contribution in [-0.2, 0) is 4.79 Å². The molecule has 1 aromatic carbocycles. The summed E-state index contributed by atoms with van der Waals surface area (Å²) in [5.41, 5.74) is 2.02. The Labute approximate surface area is 154 Å². The first-order valence-electron chi connectivity index (χ1n) is 8.24. The van der Waals surface area contributed by atoms with Gasteiger partial charge in [-0.15, -0.1) is 0 Å². The molecule has 5 heteroatoms. The van der Waals surface area contributed by atoms with Gasteiger partial charge in [0.15, 0.2) is 0 Å². The van der Waals surface area contributed by atoms with Crippen LogP contribution in [0.1, 0.15) is 32.3 Å². The lowest BCUT2D eigenvalue weighted by atomic mass is 10.0. The van der Waals surface area contributed by atoms with Crippen molar-refractivity contribution in [2.24, 2.45) is 0 Å². The first-order chi connectivity index (χ1) is 11.5. The second-order valence-corrected chi connectivity index (χ2v) is 7.15. The molecule has 0 aromatic heterocycles. The molecule has 1 heterocycles. The number of likely N-dealkylation sites (tertiary alicyclic amines) is 1. The van der Waals surface area contributed by atoms with Crippen LogP contribution in [-0.4, -0.2) is 36.5 Å². The maximum atomic E-state index is 12.1. The molecule has 24 heavy (non-hydrogen) atoms. The average Bonchev–Trinajstić information content (AvgIpc) is 2.53. The van der Waals surface area contributed by atoms with Crippen LogP contribution in [0.4, 0.5) is 0 Å². The fourth-order valence-corrected chi connectivity index (χ4v) is 3.17. The Morgan fingerprint density at radius 1 is 1.25 bits per heavy atom. The third kappa shape index (κ3) is 5.97. The number of piperidine rings is 1. The molecule has 0 aliphatic carbocycles. The molecule has 1 N–H and O–H groups in total. The van der Waals surface area contributed by atoms with Gasteiger partial charge in [0.25, 0.3) is 0 Å². The zero-order valence-electron chi connectivity index (χ0n) is 14.2. The Balaban J connectivity index is 1.81. The van der Waals surface area contributed by atoms with Gasteiger partial charge in [-0.1, -0.05) is 40.9 Å². The number of amides is 1. The summed E-state index contributed by atoms with van der Waals surface area (Å²) in [5.74, 6) is -0.103. The van der Waals surface area contributed by atoms with E-state index in [2.05, 4.69) is 30.1 Å². The van der Waals surface area contributed by atoms with Gasteiger partial charge in [0.1, 0.15) is 0 Å². The Morgan fingerprint density at radius 2 is 1.88 bits per heavy atom. The van der Waals surface area contributed by atoms with E-state index in [1.54, 1.807) is 24.3 Å². The fraction of sp³-hybridized carbons (Fsp3) is 0.421. The first kappa shape index (κ1) is 19.0. The van der Waals surface area contributed by atoms with Crippen molar-refractivity contribution >= 4 is 35.2 Å². The maximum absolute atomic E-state index is 12.1. The van der Waals surface area contributed by atoms with Gasteiger partial charge >= 0.3 is 0 Å². The van der Waals surface area contributed by atoms with E-state index in [9.17, 15) is 4.79 Å². The average molecular weight is 367 g/mol. The summed E-state index contributed by atoms with van der Waals surface area (Å²) in [4.78, 5) is 14.5. The van der Waals surface area contributed by atoms with E-state index in [1.807, 2.05) is 0 Å². The summed E-state index contributed by atoms with van der Waals surface area (Å²) in [6, 6.07) is 5.53. The molecule has 1 amide bonds. The third-order valence-corrected chi connectivity index (χ3v) is 4.75. The number of hydrogen-bond donors (Lipinski definition) is 1. The van der Waals surface area contributed by atoms with Crippen molar-refractivity contribution in [3.05, 3.63) is 51.5 Å². The first-order valence-corrected chi connectivity index (χ1v) is 8.99. The molecule has 0 spiro atoms. The second kappa shape index (κ2) is 9.26. The Bertz CT molecular complexity index is 608. The number of nitrogens with zero attached hydrogens (tertiary/aromatic N) is 1. The molecule has 0 unspecified atom stereocenters. The summed E-state index contributed by atoms with van der Waals surface area (Å²) < 4.78 is 0. The standard InChI is InChI=1S/C19H24Cl2N2O/c1-14(2)8-11-23-12-9-15(10-13-23)22-19(24)7-6-16-17(20)4-3-5-18(16)21/h3-8,15H,9-13H2,1-2H3,(H,22,24)/b7-6+. The SMILES string of the molecule is CC(C)=CCN1CCC(NC(=O)/C=C/c2c(Cl)cccc2Cl)CC1. The van der Waals surface area contributed by atoms with Crippen molar-refractivity contribution in [1.29, 1.82) is 0 Å². The lowest BCUT2D eigenvalue weighted by molar-refractivity contribution is -0.117. The van der Waals surface area contributed by atoms with Crippen LogP contribution in [0.5, 0.6) is 0 Å². The van der Waals surface area contributed by atoms with Gasteiger partial charge < -0.3 is 5.32 Å². The van der Waals surface area contributed by atoms with Gasteiger partial charge in [-0.25, -0.2) is 0 Å². The molecule has 1 aliphatic rings. The monoisotopic (exact) mass is 366 g/mol. The van der Waals surface area contributed by atoms with Gasteiger partial charge in [0, 0.05) is 47.4 Å². The molecule has 1 fully saturated rings. The molecule has 0 bridgehead atoms. The predicted octanol–water partition coefficient (Wildman–Crippen LogP) is 4.55. The van der Waals surface area contributed by atoms with Gasteiger partial charge in [-0.3, -0.25) is 9.69 Å². The molecule has 1 aromatic rings. The van der Waals surface area contributed by atoms with E-state index in [4.69, 9.17) is 23.2 Å². The number of nitrogens with one attached hydrogen (secondary N) is 1. The highest BCUT2D eigenvalue weighted by Crippen LogP contribution is 2.25. The van der Waals surface area contributed by atoms with Crippen LogP contribution in [0.15, 0.2) is 35.9 Å². The summed E-state index contributed by atoms with van der Waals surface area (Å²) in [7, 11) is 0. The molecule has 1 aliphatic heterocycles. The van der Waals surface area contributed by atoms with E-state index in [-0.39, 0.29) is 11.9 Å². The minimum absolute atomic E-state index is 0.103. The fourth-order valence-electron chi connectivity index (χ4n) is 2.65. The summed E-state index contributed by atoms with van der Waals surface area (Å²) in [6.45, 7) is 7.24. The number of halogens is 2. The Kier molecular flexibility index (Phi) is 7.35. The summed E-state index contributed by atoms with van der Waals surface area (Å²) in [6.07, 6.45) is 7.37. The summed E-state index contributed by atoms with van der Waals surface area (Å²) in [5, 5.41) is 4.14. The minimum atomic E-state index is -0.103. The topological polar surface area (TPSA) is 32.3 Å². The van der Waals surface area contributed by atoms with Crippen molar-refractivity contribution in [2.75, 3.05) is 19.6 Å². The number of benzene rings is 1. The molecule has 3 nitrogen and oxygen atoms in total. The number of hydrogen-bond acceptors (Lipinski definition) is 2. The molecule has 0 radical (unpaired) electrons. The summed E-state index contributed by atoms with van der Waals surface area (Å²) >= 11 is 12.2. The van der Waals surface area contributed by atoms with Crippen LogP contribution in [0.25, 0.3) is 6.08 Å². The van der Waals surface area contributed by atoms with Gasteiger partial charge in [0.2, 0.25) is 5.91 Å². The predicted molar refractivity (Wildman–Crippen MR) is 103 cm³/mol. The van der Waals surface area contributed by atoms with E-state index >= 15 is 0 Å². The second-order valence-electron chi connectivity index (χ2n) is 6.33. The van der Waals surface area contributed by atoms with Crippen LogP contribution >= 0.6 is 23.2 Å². The molecular formula is C19H24Cl2N2O. The van der Waals surface area contributed by atoms with Crippen molar-refractivity contribution in [3.63, 3.8) is 0 Å². The van der Waals surface area contributed by atoms with Gasteiger partial charge in [0.05, 0.1) is 0 Å². The Hall–Kier alpha value is -1.29. The van der Waals surface area contributed by atoms with Gasteiger partial charge in [-0.2, -0.15) is 0 Å². The maximum Gasteiger partial charge on any atom is 0.244 e. The highest BCUT2D eigenvalue weighted by molar-refractivity contribution is 6.37. The normalized spacial score (nSPS) is 16.3. The number of rotatable bonds is 5. The van der Waals surface area contributed by atoms with E-state index < -0.39 is 0 Å². The lowest BCUT2D eigenvalue weighted by Gasteiger charge is -2.31. The van der Waals surface area contributed by atoms with Crippen LogP contribution in [0.2, 0.25) is 10.0 Å².